The predicted octanol–water partition coefficient (Wildman–Crippen LogP) is 9.27. The summed E-state index contributed by atoms with van der Waals surface area (Å²) in [4.78, 5) is 7.23. The minimum absolute atomic E-state index is 0.955. The van der Waals surface area contributed by atoms with Crippen LogP contribution in [0.4, 0.5) is 17.2 Å². The molecule has 160 valence electrons. The van der Waals surface area contributed by atoms with Crippen LogP contribution in [0.1, 0.15) is 0 Å². The fourth-order valence-corrected chi connectivity index (χ4v) is 5.79. The van der Waals surface area contributed by atoms with E-state index in [-0.39, 0.29) is 0 Å². The zero-order chi connectivity index (χ0) is 22.6. The molecule has 5 aromatic carbocycles. The van der Waals surface area contributed by atoms with Gasteiger partial charge in [0.25, 0.3) is 0 Å². The van der Waals surface area contributed by atoms with Gasteiger partial charge in [0, 0.05) is 27.0 Å². The van der Waals surface area contributed by atoms with Gasteiger partial charge in [-0.05, 0) is 69.9 Å². The Labute approximate surface area is 206 Å². The normalized spacial score (nSPS) is 12.2. The van der Waals surface area contributed by atoms with Crippen molar-refractivity contribution in [2.24, 2.45) is 0 Å². The van der Waals surface area contributed by atoms with Gasteiger partial charge in [-0.3, -0.25) is 4.90 Å². The van der Waals surface area contributed by atoms with Gasteiger partial charge in [0.15, 0.2) is 0 Å². The van der Waals surface area contributed by atoms with Crippen molar-refractivity contribution >= 4 is 54.7 Å². The number of hydrogen-bond donors (Lipinski definition) is 0. The highest BCUT2D eigenvalue weighted by Gasteiger charge is 2.28. The summed E-state index contributed by atoms with van der Waals surface area (Å²) in [5.41, 5.74) is 7.09. The number of fused-ring (bicyclic) bond motifs is 3. The Bertz CT molecular complexity index is 1720. The number of anilines is 3. The summed E-state index contributed by atoms with van der Waals surface area (Å²) in [6.07, 6.45) is 1.89. The molecule has 7 rings (SSSR count). The minimum atomic E-state index is 0.955. The third-order valence-corrected chi connectivity index (χ3v) is 7.33. The second-order valence-corrected chi connectivity index (χ2v) is 9.44. The Morgan fingerprint density at radius 2 is 1.29 bits per heavy atom. The molecule has 1 aromatic heterocycles. The van der Waals surface area contributed by atoms with Crippen LogP contribution in [0.2, 0.25) is 0 Å². The lowest BCUT2D eigenvalue weighted by Gasteiger charge is -2.33. The van der Waals surface area contributed by atoms with Gasteiger partial charge in [0.1, 0.15) is 5.82 Å². The molecule has 0 amide bonds. The average Bonchev–Trinajstić information content (AvgIpc) is 2.89. The largest absolute Gasteiger partial charge is 0.293 e. The van der Waals surface area contributed by atoms with E-state index >= 15 is 0 Å². The molecule has 34 heavy (non-hydrogen) atoms. The Kier molecular flexibility index (Phi) is 4.33. The Hall–Kier alpha value is -3.95. The van der Waals surface area contributed by atoms with E-state index in [1.54, 1.807) is 0 Å². The van der Waals surface area contributed by atoms with Gasteiger partial charge >= 0.3 is 0 Å². The van der Waals surface area contributed by atoms with Crippen LogP contribution in [-0.4, -0.2) is 4.98 Å². The summed E-state index contributed by atoms with van der Waals surface area (Å²) >= 11 is 3.81. The molecule has 0 saturated carbocycles. The molecule has 0 spiro atoms. The van der Waals surface area contributed by atoms with Crippen molar-refractivity contribution in [2.75, 3.05) is 4.90 Å². The van der Waals surface area contributed by atoms with E-state index in [2.05, 4.69) is 124 Å². The third-order valence-electron chi connectivity index (χ3n) is 6.66. The van der Waals surface area contributed by atoms with Crippen LogP contribution in [-0.2, 0) is 0 Å². The van der Waals surface area contributed by atoms with Crippen molar-refractivity contribution in [3.05, 3.63) is 120 Å². The molecular formula is C31H19BrN2. The maximum atomic E-state index is 4.91. The molecule has 0 unspecified atom stereocenters. The lowest BCUT2D eigenvalue weighted by atomic mass is 9.89. The lowest BCUT2D eigenvalue weighted by Crippen LogP contribution is -2.17. The van der Waals surface area contributed by atoms with E-state index in [9.17, 15) is 0 Å². The zero-order valence-electron chi connectivity index (χ0n) is 18.2. The molecule has 0 bridgehead atoms. The van der Waals surface area contributed by atoms with Gasteiger partial charge in [-0.15, -0.1) is 0 Å². The van der Waals surface area contributed by atoms with E-state index < -0.39 is 0 Å². The Morgan fingerprint density at radius 1 is 0.559 bits per heavy atom. The topological polar surface area (TPSA) is 16.1 Å². The number of hydrogen-bond acceptors (Lipinski definition) is 2. The minimum Gasteiger partial charge on any atom is -0.293 e. The highest BCUT2D eigenvalue weighted by Crippen LogP contribution is 2.52. The van der Waals surface area contributed by atoms with Crippen molar-refractivity contribution < 1.29 is 0 Å². The van der Waals surface area contributed by atoms with E-state index in [0.29, 0.717) is 0 Å². The summed E-state index contributed by atoms with van der Waals surface area (Å²) in [6, 6.07) is 38.8. The molecule has 0 atom stereocenters. The van der Waals surface area contributed by atoms with Gasteiger partial charge in [-0.2, -0.15) is 0 Å². The van der Waals surface area contributed by atoms with Crippen molar-refractivity contribution in [2.45, 2.75) is 0 Å². The van der Waals surface area contributed by atoms with E-state index in [1.165, 1.54) is 38.2 Å². The number of nitrogens with zero attached hydrogens (tertiary/aromatic N) is 2. The molecule has 1 aliphatic rings. The highest BCUT2D eigenvalue weighted by molar-refractivity contribution is 9.10. The van der Waals surface area contributed by atoms with Crippen molar-refractivity contribution in [3.8, 4) is 22.3 Å². The number of pyridine rings is 1. The molecule has 2 heterocycles. The van der Waals surface area contributed by atoms with Gasteiger partial charge < -0.3 is 0 Å². The molecule has 3 heteroatoms. The zero-order valence-corrected chi connectivity index (χ0v) is 19.8. The summed E-state index contributed by atoms with van der Waals surface area (Å²) in [5, 5.41) is 4.86. The van der Waals surface area contributed by atoms with Crippen LogP contribution in [0.25, 0.3) is 43.8 Å². The molecule has 6 aromatic rings. The van der Waals surface area contributed by atoms with Crippen LogP contribution >= 0.6 is 15.9 Å². The molecule has 1 aliphatic heterocycles. The van der Waals surface area contributed by atoms with Gasteiger partial charge in [0.2, 0.25) is 0 Å². The summed E-state index contributed by atoms with van der Waals surface area (Å²) in [7, 11) is 0. The predicted molar refractivity (Wildman–Crippen MR) is 146 cm³/mol. The summed E-state index contributed by atoms with van der Waals surface area (Å²) in [5.74, 6) is 0.955. The smallest absolute Gasteiger partial charge is 0.145 e. The van der Waals surface area contributed by atoms with E-state index in [4.69, 9.17) is 4.98 Å². The molecule has 0 saturated heterocycles. The first-order valence-electron chi connectivity index (χ1n) is 11.3. The number of benzene rings is 5. The van der Waals surface area contributed by atoms with Crippen LogP contribution < -0.4 is 4.90 Å². The molecule has 0 aliphatic carbocycles. The molecule has 0 radical (unpaired) electrons. The highest BCUT2D eigenvalue weighted by atomic mass is 79.9. The van der Waals surface area contributed by atoms with Crippen LogP contribution in [0, 0.1) is 0 Å². The second-order valence-electron chi connectivity index (χ2n) is 8.59. The Balaban J connectivity index is 1.59. The second kappa shape index (κ2) is 7.54. The molecule has 2 nitrogen and oxygen atoms in total. The SMILES string of the molecule is Brc1cccc2cccc(N3c4ncccc4-c4cc(-c5ccccc5)cc5cccc3c45)c12. The van der Waals surface area contributed by atoms with E-state index in [1.807, 2.05) is 12.3 Å². The lowest BCUT2D eigenvalue weighted by molar-refractivity contribution is 1.19. The quantitative estimate of drug-likeness (QED) is 0.236. The monoisotopic (exact) mass is 498 g/mol. The van der Waals surface area contributed by atoms with Gasteiger partial charge in [-0.25, -0.2) is 4.98 Å². The van der Waals surface area contributed by atoms with Crippen molar-refractivity contribution in [1.29, 1.82) is 0 Å². The van der Waals surface area contributed by atoms with Crippen molar-refractivity contribution in [1.82, 2.24) is 4.98 Å². The summed E-state index contributed by atoms with van der Waals surface area (Å²) < 4.78 is 1.08. The number of aromatic nitrogens is 1. The molecule has 0 N–H and O–H groups in total. The third kappa shape index (κ3) is 2.84. The standard InChI is InChI=1S/C31H19BrN2/c32-26-14-4-10-21-11-5-16-28(30(21)26)34-27-15-6-12-22-18-23(20-8-2-1-3-9-20)19-25(29(22)27)24-13-7-17-33-31(24)34/h1-19H. The summed E-state index contributed by atoms with van der Waals surface area (Å²) in [6.45, 7) is 0. The van der Waals surface area contributed by atoms with Gasteiger partial charge in [-0.1, -0.05) is 82.7 Å². The fourth-order valence-electron chi connectivity index (χ4n) is 5.21. The fraction of sp³-hybridized carbons (Fsp3) is 0. The number of rotatable bonds is 2. The van der Waals surface area contributed by atoms with E-state index in [0.717, 1.165) is 27.2 Å². The Morgan fingerprint density at radius 3 is 2.12 bits per heavy atom. The first-order chi connectivity index (χ1) is 16.8. The maximum absolute atomic E-state index is 4.91. The maximum Gasteiger partial charge on any atom is 0.145 e. The van der Waals surface area contributed by atoms with Crippen LogP contribution in [0.5, 0.6) is 0 Å². The van der Waals surface area contributed by atoms with Crippen LogP contribution in [0.3, 0.4) is 0 Å². The molecular weight excluding hydrogens is 480 g/mol. The first-order valence-corrected chi connectivity index (χ1v) is 12.1. The number of halogens is 1. The first kappa shape index (κ1) is 19.5. The molecule has 0 fully saturated rings. The van der Waals surface area contributed by atoms with Gasteiger partial charge in [0.05, 0.1) is 11.4 Å². The average molecular weight is 499 g/mol. The van der Waals surface area contributed by atoms with Crippen molar-refractivity contribution in [3.63, 3.8) is 0 Å². The van der Waals surface area contributed by atoms with Crippen LogP contribution in [0.15, 0.2) is 120 Å².